The molecule has 0 bridgehead atoms. The lowest BCUT2D eigenvalue weighted by molar-refractivity contribution is -0.116. The second kappa shape index (κ2) is 9.25. The van der Waals surface area contributed by atoms with Crippen LogP contribution in [0.15, 0.2) is 50.1 Å². The van der Waals surface area contributed by atoms with Gasteiger partial charge in [-0.1, -0.05) is 12.5 Å². The summed E-state index contributed by atoms with van der Waals surface area (Å²) in [7, 11) is -1.02. The van der Waals surface area contributed by atoms with E-state index in [2.05, 4.69) is 20.0 Å². The zero-order valence-electron chi connectivity index (χ0n) is 18.8. The van der Waals surface area contributed by atoms with Crippen molar-refractivity contribution in [3.05, 3.63) is 51.4 Å². The number of imidazole rings is 1. The molecule has 3 heterocycles. The highest BCUT2D eigenvalue weighted by Crippen LogP contribution is 2.17. The van der Waals surface area contributed by atoms with Crippen LogP contribution in [-0.4, -0.2) is 45.4 Å². The first-order chi connectivity index (χ1) is 16.2. The van der Waals surface area contributed by atoms with Crippen molar-refractivity contribution in [2.24, 2.45) is 19.1 Å². The number of hydrogen-bond acceptors (Lipinski definition) is 7. The van der Waals surface area contributed by atoms with Crippen LogP contribution in [0.3, 0.4) is 0 Å². The number of carbonyl (C=O) groups is 1. The van der Waals surface area contributed by atoms with Crippen molar-refractivity contribution >= 4 is 38.6 Å². The van der Waals surface area contributed by atoms with Gasteiger partial charge in [-0.15, -0.1) is 0 Å². The van der Waals surface area contributed by atoms with Gasteiger partial charge in [0.05, 0.1) is 11.2 Å². The van der Waals surface area contributed by atoms with Gasteiger partial charge in [-0.2, -0.15) is 0 Å². The van der Waals surface area contributed by atoms with E-state index in [0.717, 1.165) is 23.8 Å². The summed E-state index contributed by atoms with van der Waals surface area (Å²) in [5.41, 5.74) is -0.524. The van der Waals surface area contributed by atoms with Crippen molar-refractivity contribution < 1.29 is 13.2 Å². The molecule has 0 spiro atoms. The van der Waals surface area contributed by atoms with E-state index in [-0.39, 0.29) is 28.3 Å². The van der Waals surface area contributed by atoms with Crippen LogP contribution in [-0.2, 0) is 35.5 Å². The Bertz CT molecular complexity index is 1510. The maximum atomic E-state index is 12.8. The third-order valence-corrected chi connectivity index (χ3v) is 6.96. The lowest BCUT2D eigenvalue weighted by Crippen LogP contribution is -2.37. The molecule has 0 atom stereocenters. The van der Waals surface area contributed by atoms with Gasteiger partial charge >= 0.3 is 5.69 Å². The molecule has 1 aromatic carbocycles. The average Bonchev–Trinajstić information content (AvgIpc) is 3.04. The molecule has 1 amide bonds. The Hall–Kier alpha value is -3.74. The van der Waals surface area contributed by atoms with Gasteiger partial charge in [0.1, 0.15) is 12.4 Å². The van der Waals surface area contributed by atoms with Crippen LogP contribution in [0.25, 0.3) is 11.2 Å². The first-order valence-corrected chi connectivity index (χ1v) is 12.2. The minimum atomic E-state index is -3.86. The molecule has 180 valence electrons. The maximum Gasteiger partial charge on any atom is 0.332 e. The molecule has 1 aliphatic heterocycles. The van der Waals surface area contributed by atoms with Gasteiger partial charge in [0.2, 0.25) is 5.91 Å². The van der Waals surface area contributed by atoms with Crippen molar-refractivity contribution in [1.29, 1.82) is 0 Å². The SMILES string of the molecule is Cn1c(=O)c2c(ncn2CC(=O)Nc2cccc(S(=O)(=O)NC3=NCCCCC3)c2)n(C)c1=O. The van der Waals surface area contributed by atoms with Crippen LogP contribution < -0.4 is 21.3 Å². The van der Waals surface area contributed by atoms with Crippen molar-refractivity contribution in [1.82, 2.24) is 23.4 Å². The quantitative estimate of drug-likeness (QED) is 0.529. The average molecular weight is 488 g/mol. The number of aliphatic imine (C=N–C) groups is 1. The molecule has 34 heavy (non-hydrogen) atoms. The van der Waals surface area contributed by atoms with Crippen LogP contribution >= 0.6 is 0 Å². The topological polar surface area (TPSA) is 149 Å². The van der Waals surface area contributed by atoms with E-state index in [9.17, 15) is 22.8 Å². The second-order valence-corrected chi connectivity index (χ2v) is 9.75. The van der Waals surface area contributed by atoms with Crippen LogP contribution in [0.4, 0.5) is 5.69 Å². The summed E-state index contributed by atoms with van der Waals surface area (Å²) in [6.07, 6.45) is 4.69. The largest absolute Gasteiger partial charge is 0.332 e. The number of rotatable bonds is 5. The molecular formula is C21H25N7O5S. The number of carbonyl (C=O) groups excluding carboxylic acids is 1. The Labute approximate surface area is 195 Å². The van der Waals surface area contributed by atoms with Crippen molar-refractivity contribution in [2.45, 2.75) is 37.1 Å². The molecule has 4 rings (SSSR count). The minimum absolute atomic E-state index is 0.00537. The van der Waals surface area contributed by atoms with E-state index in [0.29, 0.717) is 18.8 Å². The van der Waals surface area contributed by atoms with Gasteiger partial charge < -0.3 is 9.88 Å². The van der Waals surface area contributed by atoms with Gasteiger partial charge in [0, 0.05) is 32.7 Å². The molecule has 3 aromatic rings. The Morgan fingerprint density at radius 1 is 1.12 bits per heavy atom. The lowest BCUT2D eigenvalue weighted by atomic mass is 10.2. The third-order valence-electron chi connectivity index (χ3n) is 5.59. The Balaban J connectivity index is 1.53. The molecule has 2 N–H and O–H groups in total. The van der Waals surface area contributed by atoms with E-state index in [4.69, 9.17) is 0 Å². The second-order valence-electron chi connectivity index (χ2n) is 8.07. The summed E-state index contributed by atoms with van der Waals surface area (Å²) in [5, 5.41) is 2.64. The smallest absolute Gasteiger partial charge is 0.324 e. The molecule has 0 saturated heterocycles. The highest BCUT2D eigenvalue weighted by Gasteiger charge is 2.19. The standard InChI is InChI=1S/C21H25N7O5S/c1-26-19-18(20(30)27(2)21(26)31)28(13-23-19)12-17(29)24-14-7-6-8-15(11-14)34(32,33)25-16-9-4-3-5-10-22-16/h6-8,11,13H,3-5,9-10,12H2,1-2H3,(H,22,25)(H,24,29). The number of nitrogens with one attached hydrogen (secondary N) is 2. The van der Waals surface area contributed by atoms with Gasteiger partial charge in [0.25, 0.3) is 15.6 Å². The molecule has 13 heteroatoms. The highest BCUT2D eigenvalue weighted by molar-refractivity contribution is 7.90. The molecule has 0 radical (unpaired) electrons. The molecule has 12 nitrogen and oxygen atoms in total. The summed E-state index contributed by atoms with van der Waals surface area (Å²) >= 11 is 0. The predicted octanol–water partition coefficient (Wildman–Crippen LogP) is 0.323. The zero-order valence-corrected chi connectivity index (χ0v) is 19.6. The van der Waals surface area contributed by atoms with E-state index in [1.54, 1.807) is 6.07 Å². The summed E-state index contributed by atoms with van der Waals surface area (Å²) < 4.78 is 31.7. The monoisotopic (exact) mass is 487 g/mol. The molecule has 2 aromatic heterocycles. The molecule has 0 aliphatic carbocycles. The molecule has 0 saturated carbocycles. The predicted molar refractivity (Wildman–Crippen MR) is 126 cm³/mol. The summed E-state index contributed by atoms with van der Waals surface area (Å²) in [6, 6.07) is 5.88. The normalized spacial score (nSPS) is 14.5. The zero-order chi connectivity index (χ0) is 24.5. The number of hydrogen-bond donors (Lipinski definition) is 2. The van der Waals surface area contributed by atoms with Crippen molar-refractivity contribution in [2.75, 3.05) is 11.9 Å². The maximum absolute atomic E-state index is 12.8. The number of aryl methyl sites for hydroxylation is 1. The number of fused-ring (bicyclic) bond motifs is 1. The first-order valence-electron chi connectivity index (χ1n) is 10.7. The van der Waals surface area contributed by atoms with E-state index >= 15 is 0 Å². The Morgan fingerprint density at radius 3 is 2.71 bits per heavy atom. The lowest BCUT2D eigenvalue weighted by Gasteiger charge is -2.12. The number of anilines is 1. The fraction of sp³-hybridized carbons (Fsp3) is 0.381. The van der Waals surface area contributed by atoms with Crippen LogP contribution in [0, 0.1) is 0 Å². The fourth-order valence-corrected chi connectivity index (χ4v) is 4.92. The van der Waals surface area contributed by atoms with E-state index in [1.165, 1.54) is 47.8 Å². The minimum Gasteiger partial charge on any atom is -0.324 e. The van der Waals surface area contributed by atoms with Crippen LogP contribution in [0.5, 0.6) is 0 Å². The van der Waals surface area contributed by atoms with Gasteiger partial charge in [-0.3, -0.25) is 28.4 Å². The van der Waals surface area contributed by atoms with E-state index in [1.807, 2.05) is 0 Å². The number of benzene rings is 1. The van der Waals surface area contributed by atoms with Gasteiger partial charge in [-0.25, -0.2) is 18.2 Å². The third kappa shape index (κ3) is 4.64. The number of aromatic nitrogens is 4. The van der Waals surface area contributed by atoms with Crippen molar-refractivity contribution in [3.63, 3.8) is 0 Å². The number of sulfonamides is 1. The van der Waals surface area contributed by atoms with Crippen LogP contribution in [0.1, 0.15) is 25.7 Å². The van der Waals surface area contributed by atoms with Gasteiger partial charge in [0.15, 0.2) is 11.2 Å². The summed E-state index contributed by atoms with van der Waals surface area (Å²) in [6.45, 7) is 0.337. The summed E-state index contributed by atoms with van der Waals surface area (Å²) in [5.74, 6) is -0.0549. The van der Waals surface area contributed by atoms with Crippen LogP contribution in [0.2, 0.25) is 0 Å². The van der Waals surface area contributed by atoms with Gasteiger partial charge in [-0.05, 0) is 31.0 Å². The number of nitrogens with zero attached hydrogens (tertiary/aromatic N) is 5. The number of amidine groups is 1. The fourth-order valence-electron chi connectivity index (χ4n) is 3.78. The first kappa shape index (κ1) is 23.4. The molecular weight excluding hydrogens is 462 g/mol. The molecule has 1 aliphatic rings. The van der Waals surface area contributed by atoms with E-state index < -0.39 is 27.2 Å². The Kier molecular flexibility index (Phi) is 6.37. The Morgan fingerprint density at radius 2 is 1.91 bits per heavy atom. The highest BCUT2D eigenvalue weighted by atomic mass is 32.2. The molecule has 0 fully saturated rings. The molecule has 0 unspecified atom stereocenters. The summed E-state index contributed by atoms with van der Waals surface area (Å²) in [4.78, 5) is 45.6. The van der Waals surface area contributed by atoms with Crippen molar-refractivity contribution in [3.8, 4) is 0 Å². The number of amides is 1.